The Bertz CT molecular complexity index is 733. The molecular formula is C11H10N6OS. The van der Waals surface area contributed by atoms with Gasteiger partial charge in [-0.15, -0.1) is 0 Å². The number of carbonyl (C=O) groups is 1. The number of aryl methyl sites for hydroxylation is 1. The number of nitrogens with one attached hydrogen (secondary N) is 2. The lowest BCUT2D eigenvalue weighted by Gasteiger charge is -2.01. The number of pyridine rings is 1. The molecule has 7 nitrogen and oxygen atoms in total. The maximum atomic E-state index is 11.9. The number of amides is 1. The molecule has 0 saturated heterocycles. The Labute approximate surface area is 112 Å². The van der Waals surface area contributed by atoms with E-state index in [-0.39, 0.29) is 5.91 Å². The highest BCUT2D eigenvalue weighted by molar-refractivity contribution is 6.99. The number of aromatic nitrogens is 5. The van der Waals surface area contributed by atoms with Crippen molar-refractivity contribution in [1.29, 1.82) is 0 Å². The average molecular weight is 274 g/mol. The Morgan fingerprint density at radius 2 is 2.37 bits per heavy atom. The molecule has 0 radical (unpaired) electrons. The van der Waals surface area contributed by atoms with Gasteiger partial charge in [-0.3, -0.25) is 9.89 Å². The van der Waals surface area contributed by atoms with Gasteiger partial charge in [-0.25, -0.2) is 4.98 Å². The van der Waals surface area contributed by atoms with E-state index in [9.17, 15) is 4.79 Å². The number of hydrogen-bond donors (Lipinski definition) is 2. The van der Waals surface area contributed by atoms with Gasteiger partial charge in [-0.2, -0.15) is 13.8 Å². The number of fused-ring (bicyclic) bond motifs is 1. The van der Waals surface area contributed by atoms with Crippen molar-refractivity contribution in [1.82, 2.24) is 29.2 Å². The highest BCUT2D eigenvalue weighted by Gasteiger charge is 2.14. The van der Waals surface area contributed by atoms with Crippen molar-refractivity contribution in [3.8, 4) is 0 Å². The Kier molecular flexibility index (Phi) is 2.92. The van der Waals surface area contributed by atoms with Crippen molar-refractivity contribution >= 4 is 28.7 Å². The lowest BCUT2D eigenvalue weighted by atomic mass is 10.2. The minimum atomic E-state index is -0.238. The zero-order chi connectivity index (χ0) is 13.2. The second kappa shape index (κ2) is 4.73. The van der Waals surface area contributed by atoms with Gasteiger partial charge in [-0.05, 0) is 19.1 Å². The van der Waals surface area contributed by atoms with Crippen LogP contribution >= 0.6 is 11.7 Å². The normalized spacial score (nSPS) is 10.8. The van der Waals surface area contributed by atoms with Crippen LogP contribution in [0.3, 0.4) is 0 Å². The minimum absolute atomic E-state index is 0.238. The van der Waals surface area contributed by atoms with E-state index in [1.807, 2.05) is 12.1 Å². The summed E-state index contributed by atoms with van der Waals surface area (Å²) in [7, 11) is 0. The van der Waals surface area contributed by atoms with Gasteiger partial charge in [0.15, 0.2) is 11.3 Å². The Morgan fingerprint density at radius 1 is 1.47 bits per heavy atom. The van der Waals surface area contributed by atoms with Crippen molar-refractivity contribution in [3.05, 3.63) is 35.4 Å². The summed E-state index contributed by atoms with van der Waals surface area (Å²) in [5.41, 5.74) is 2.46. The molecule has 0 bridgehead atoms. The zero-order valence-electron chi connectivity index (χ0n) is 10.0. The summed E-state index contributed by atoms with van der Waals surface area (Å²) in [6.45, 7) is 2.10. The van der Waals surface area contributed by atoms with Gasteiger partial charge in [0, 0.05) is 11.6 Å². The van der Waals surface area contributed by atoms with E-state index < -0.39 is 0 Å². The van der Waals surface area contributed by atoms with E-state index in [1.165, 1.54) is 0 Å². The second-order valence-corrected chi connectivity index (χ2v) is 4.49. The maximum Gasteiger partial charge on any atom is 0.273 e. The molecule has 8 heteroatoms. The lowest BCUT2D eigenvalue weighted by Crippen LogP contribution is -2.24. The molecule has 3 aromatic heterocycles. The summed E-state index contributed by atoms with van der Waals surface area (Å²) in [4.78, 5) is 16.0. The van der Waals surface area contributed by atoms with Crippen LogP contribution < -0.4 is 5.32 Å². The van der Waals surface area contributed by atoms with Crippen LogP contribution in [-0.4, -0.2) is 29.8 Å². The van der Waals surface area contributed by atoms with Crippen molar-refractivity contribution < 1.29 is 4.79 Å². The quantitative estimate of drug-likeness (QED) is 0.744. The third-order valence-electron chi connectivity index (χ3n) is 2.70. The Balaban J connectivity index is 1.76. The highest BCUT2D eigenvalue weighted by Crippen LogP contribution is 2.12. The molecule has 3 heterocycles. The number of carbonyl (C=O) groups excluding carboxylic acids is 1. The molecular weight excluding hydrogens is 264 g/mol. The summed E-state index contributed by atoms with van der Waals surface area (Å²) in [6, 6.07) is 3.74. The van der Waals surface area contributed by atoms with E-state index in [1.54, 1.807) is 13.1 Å². The van der Waals surface area contributed by atoms with E-state index >= 15 is 0 Å². The molecule has 1 amide bonds. The summed E-state index contributed by atoms with van der Waals surface area (Å²) in [6.07, 6.45) is 1.68. The van der Waals surface area contributed by atoms with Crippen LogP contribution in [0, 0.1) is 6.92 Å². The van der Waals surface area contributed by atoms with E-state index in [0.717, 1.165) is 22.8 Å². The standard InChI is InChI=1S/C11H10N6OS/c1-6-9(17-19-16-6)11(18)13-5-8-7-3-2-4-12-10(7)15-14-8/h2-4H,5H2,1H3,(H,13,18)(H,12,14,15). The molecule has 0 unspecified atom stereocenters. The number of aromatic amines is 1. The van der Waals surface area contributed by atoms with Gasteiger partial charge in [0.1, 0.15) is 0 Å². The van der Waals surface area contributed by atoms with Crippen molar-refractivity contribution in [2.75, 3.05) is 0 Å². The van der Waals surface area contributed by atoms with Gasteiger partial charge >= 0.3 is 0 Å². The van der Waals surface area contributed by atoms with Crippen LogP contribution in [0.4, 0.5) is 0 Å². The molecule has 96 valence electrons. The summed E-state index contributed by atoms with van der Waals surface area (Å²) in [5.74, 6) is -0.238. The molecule has 0 aliphatic rings. The van der Waals surface area contributed by atoms with Crippen LogP contribution in [0.25, 0.3) is 11.0 Å². The second-order valence-electron chi connectivity index (χ2n) is 3.96. The third-order valence-corrected chi connectivity index (χ3v) is 3.32. The van der Waals surface area contributed by atoms with Gasteiger partial charge in [0.2, 0.25) is 0 Å². The summed E-state index contributed by atoms with van der Waals surface area (Å²) < 4.78 is 7.93. The third kappa shape index (κ3) is 2.17. The molecule has 0 spiro atoms. The van der Waals surface area contributed by atoms with Gasteiger partial charge in [0.25, 0.3) is 5.91 Å². The molecule has 0 saturated carbocycles. The molecule has 19 heavy (non-hydrogen) atoms. The predicted octanol–water partition coefficient (Wildman–Crippen LogP) is 1.05. The predicted molar refractivity (Wildman–Crippen MR) is 69.7 cm³/mol. The van der Waals surface area contributed by atoms with Crippen LogP contribution in [0.15, 0.2) is 18.3 Å². The van der Waals surface area contributed by atoms with E-state index in [0.29, 0.717) is 23.6 Å². The smallest absolute Gasteiger partial charge is 0.273 e. The van der Waals surface area contributed by atoms with Gasteiger partial charge in [-0.1, -0.05) is 0 Å². The molecule has 3 rings (SSSR count). The molecule has 0 fully saturated rings. The fourth-order valence-corrected chi connectivity index (χ4v) is 2.27. The van der Waals surface area contributed by atoms with Crippen LogP contribution in [0.1, 0.15) is 21.9 Å². The first-order valence-electron chi connectivity index (χ1n) is 5.61. The van der Waals surface area contributed by atoms with Gasteiger partial charge < -0.3 is 5.32 Å². The first kappa shape index (κ1) is 11.7. The molecule has 2 N–H and O–H groups in total. The Morgan fingerprint density at radius 3 is 3.16 bits per heavy atom. The fourth-order valence-electron chi connectivity index (χ4n) is 1.73. The van der Waals surface area contributed by atoms with Crippen molar-refractivity contribution in [2.24, 2.45) is 0 Å². The molecule has 0 aliphatic heterocycles. The van der Waals surface area contributed by atoms with E-state index in [2.05, 4.69) is 29.2 Å². The minimum Gasteiger partial charge on any atom is -0.345 e. The van der Waals surface area contributed by atoms with Gasteiger partial charge in [0.05, 0.1) is 29.7 Å². The number of nitrogens with zero attached hydrogens (tertiary/aromatic N) is 4. The molecule has 0 aliphatic carbocycles. The summed E-state index contributed by atoms with van der Waals surface area (Å²) >= 11 is 1.03. The SMILES string of the molecule is Cc1nsnc1C(=O)NCc1[nH]nc2ncccc12. The van der Waals surface area contributed by atoms with E-state index in [4.69, 9.17) is 0 Å². The first-order valence-corrected chi connectivity index (χ1v) is 6.34. The number of rotatable bonds is 3. The molecule has 0 atom stereocenters. The maximum absolute atomic E-state index is 11.9. The monoisotopic (exact) mass is 274 g/mol. The number of hydrogen-bond acceptors (Lipinski definition) is 6. The van der Waals surface area contributed by atoms with Crippen LogP contribution in [0.2, 0.25) is 0 Å². The van der Waals surface area contributed by atoms with Crippen molar-refractivity contribution in [3.63, 3.8) is 0 Å². The first-order chi connectivity index (χ1) is 9.25. The lowest BCUT2D eigenvalue weighted by molar-refractivity contribution is 0.0946. The van der Waals surface area contributed by atoms with Crippen LogP contribution in [-0.2, 0) is 6.54 Å². The summed E-state index contributed by atoms with van der Waals surface area (Å²) in [5, 5.41) is 10.6. The highest BCUT2D eigenvalue weighted by atomic mass is 32.1. The number of H-pyrrole nitrogens is 1. The zero-order valence-corrected chi connectivity index (χ0v) is 10.9. The topological polar surface area (TPSA) is 96.5 Å². The average Bonchev–Trinajstić information content (AvgIpc) is 3.02. The molecule has 0 aromatic carbocycles. The Hall–Kier alpha value is -2.35. The van der Waals surface area contributed by atoms with Crippen LogP contribution in [0.5, 0.6) is 0 Å². The molecule has 3 aromatic rings. The fraction of sp³-hybridized carbons (Fsp3) is 0.182. The van der Waals surface area contributed by atoms with Crippen molar-refractivity contribution in [2.45, 2.75) is 13.5 Å². The largest absolute Gasteiger partial charge is 0.345 e.